The number of imidazole rings is 1. The third-order valence-electron chi connectivity index (χ3n) is 12.1. The maximum atomic E-state index is 13.6. The Morgan fingerprint density at radius 2 is 1.58 bits per heavy atom. The predicted molar refractivity (Wildman–Crippen MR) is 213 cm³/mol. The number of piperidine rings is 2. The highest BCUT2D eigenvalue weighted by Gasteiger charge is 2.37. The Kier molecular flexibility index (Phi) is 10.8. The Morgan fingerprint density at radius 3 is 2.25 bits per heavy atom. The molecule has 4 aromatic rings. The number of hydrogen-bond donors (Lipinski definition) is 3. The highest BCUT2D eigenvalue weighted by molar-refractivity contribution is 6.05. The van der Waals surface area contributed by atoms with Crippen molar-refractivity contribution in [1.82, 2.24) is 29.5 Å². The number of carbonyl (C=O) groups excluding carboxylic acids is 4. The second-order valence-corrected chi connectivity index (χ2v) is 16.5. The summed E-state index contributed by atoms with van der Waals surface area (Å²) >= 11 is 0. The van der Waals surface area contributed by atoms with E-state index in [1.54, 1.807) is 35.4 Å². The van der Waals surface area contributed by atoms with Gasteiger partial charge in [-0.3, -0.25) is 24.6 Å². The molecule has 17 heteroatoms. The minimum Gasteiger partial charge on any atom is -0.386 e. The van der Waals surface area contributed by atoms with Gasteiger partial charge in [0.25, 0.3) is 5.91 Å². The standard InChI is InChI=1S/C42H48F3N9O5/c1-41(2,59)31-22-36-47-33(24-53(36)25-34(31)48-38(56)32-4-3-5-35(46-32)42(43,44)45)26-10-16-50(17-11-26)29-13-19-51(20-14-29)39(57)27-12-18-52(23-27)28-6-8-30(9-7-28)54-21-15-37(55)49-40(54)58/h3-9,22,24-27,29,59H,10-21,23H2,1-2H3,(H,48,56)(H,49,55,58). The molecule has 4 aliphatic heterocycles. The maximum absolute atomic E-state index is 13.6. The molecule has 7 heterocycles. The van der Waals surface area contributed by atoms with Gasteiger partial charge in [-0.1, -0.05) is 6.07 Å². The summed E-state index contributed by atoms with van der Waals surface area (Å²) in [4.78, 5) is 67.2. The molecule has 14 nitrogen and oxygen atoms in total. The molecule has 3 N–H and O–H groups in total. The number of alkyl halides is 3. The number of likely N-dealkylation sites (tertiary alicyclic amines) is 2. The fourth-order valence-corrected chi connectivity index (χ4v) is 8.88. The van der Waals surface area contributed by atoms with Gasteiger partial charge in [0.05, 0.1) is 22.9 Å². The molecule has 4 fully saturated rings. The summed E-state index contributed by atoms with van der Waals surface area (Å²) < 4.78 is 41.5. The van der Waals surface area contributed by atoms with Crippen LogP contribution in [0.25, 0.3) is 5.65 Å². The van der Waals surface area contributed by atoms with Crippen LogP contribution < -0.4 is 20.4 Å². The smallest absolute Gasteiger partial charge is 0.386 e. The van der Waals surface area contributed by atoms with Crippen molar-refractivity contribution >= 4 is 46.5 Å². The Hall–Kier alpha value is -5.55. The summed E-state index contributed by atoms with van der Waals surface area (Å²) in [5.41, 5.74) is 0.848. The number of urea groups is 1. The first kappa shape index (κ1) is 40.2. The zero-order chi connectivity index (χ0) is 41.6. The topological polar surface area (TPSA) is 156 Å². The number of hydrogen-bond acceptors (Lipinski definition) is 9. The zero-order valence-corrected chi connectivity index (χ0v) is 33.0. The highest BCUT2D eigenvalue weighted by atomic mass is 19.4. The number of nitrogens with one attached hydrogen (secondary N) is 2. The normalized spacial score (nSPS) is 20.4. The first-order valence-electron chi connectivity index (χ1n) is 20.2. The minimum absolute atomic E-state index is 0.0643. The van der Waals surface area contributed by atoms with Crippen LogP contribution in [-0.2, 0) is 21.4 Å². The van der Waals surface area contributed by atoms with E-state index < -0.39 is 35.1 Å². The summed E-state index contributed by atoms with van der Waals surface area (Å²) in [5.74, 6) is -0.753. The van der Waals surface area contributed by atoms with Crippen molar-refractivity contribution in [2.45, 2.75) is 76.1 Å². The molecule has 59 heavy (non-hydrogen) atoms. The van der Waals surface area contributed by atoms with Gasteiger partial charge in [-0.2, -0.15) is 13.2 Å². The van der Waals surface area contributed by atoms with Crippen molar-refractivity contribution in [3.63, 3.8) is 0 Å². The van der Waals surface area contributed by atoms with E-state index in [0.717, 1.165) is 94.0 Å². The van der Waals surface area contributed by atoms with Crippen molar-refractivity contribution < 1.29 is 37.5 Å². The molecule has 1 aromatic carbocycles. The molecule has 5 amide bonds. The van der Waals surface area contributed by atoms with E-state index in [1.807, 2.05) is 35.4 Å². The van der Waals surface area contributed by atoms with E-state index in [0.29, 0.717) is 30.3 Å². The number of carbonyl (C=O) groups is 4. The van der Waals surface area contributed by atoms with Crippen molar-refractivity contribution in [3.8, 4) is 0 Å². The van der Waals surface area contributed by atoms with Gasteiger partial charge in [-0.15, -0.1) is 0 Å². The van der Waals surface area contributed by atoms with Crippen LogP contribution in [0.15, 0.2) is 60.9 Å². The minimum atomic E-state index is -4.70. The number of nitrogens with zero attached hydrogens (tertiary/aromatic N) is 7. The Bertz CT molecular complexity index is 2240. The van der Waals surface area contributed by atoms with Crippen LogP contribution >= 0.6 is 0 Å². The Morgan fingerprint density at radius 1 is 0.864 bits per heavy atom. The number of amides is 5. The lowest BCUT2D eigenvalue weighted by molar-refractivity contribution is -0.141. The van der Waals surface area contributed by atoms with Gasteiger partial charge in [0, 0.05) is 80.4 Å². The molecule has 0 aliphatic carbocycles. The molecule has 4 saturated heterocycles. The first-order valence-corrected chi connectivity index (χ1v) is 20.2. The van der Waals surface area contributed by atoms with Gasteiger partial charge in [0.15, 0.2) is 0 Å². The van der Waals surface area contributed by atoms with Crippen LogP contribution in [0.5, 0.6) is 0 Å². The second kappa shape index (κ2) is 15.9. The number of aromatic nitrogens is 3. The van der Waals surface area contributed by atoms with Gasteiger partial charge in [0.2, 0.25) is 11.8 Å². The van der Waals surface area contributed by atoms with Crippen LogP contribution in [-0.4, -0.2) is 105 Å². The Balaban J connectivity index is 0.834. The van der Waals surface area contributed by atoms with Crippen LogP contribution in [0.3, 0.4) is 0 Å². The van der Waals surface area contributed by atoms with Crippen LogP contribution in [0.1, 0.15) is 85.7 Å². The largest absolute Gasteiger partial charge is 0.433 e. The van der Waals surface area contributed by atoms with Gasteiger partial charge in [-0.25, -0.2) is 14.8 Å². The van der Waals surface area contributed by atoms with E-state index in [-0.39, 0.29) is 35.8 Å². The Labute approximate surface area is 339 Å². The SMILES string of the molecule is CC(C)(O)c1cc2nc(C3CCN(C4CCN(C(=O)C5CCN(c6ccc(N7CCC(=O)NC7=O)cc6)C5)CC4)CC3)cn2cc1NC(=O)c1cccc(C(F)(F)F)n1. The second-order valence-electron chi connectivity index (χ2n) is 16.5. The molecular formula is C42H48F3N9O5. The van der Waals surface area contributed by atoms with Crippen molar-refractivity contribution in [1.29, 1.82) is 0 Å². The van der Waals surface area contributed by atoms with Gasteiger partial charge < -0.3 is 29.5 Å². The molecule has 1 unspecified atom stereocenters. The van der Waals surface area contributed by atoms with E-state index in [2.05, 4.69) is 25.4 Å². The quantitative estimate of drug-likeness (QED) is 0.213. The van der Waals surface area contributed by atoms with Crippen molar-refractivity contribution in [2.75, 3.05) is 60.9 Å². The molecule has 0 radical (unpaired) electrons. The average Bonchev–Trinajstić information content (AvgIpc) is 3.88. The van der Waals surface area contributed by atoms with Gasteiger partial charge in [-0.05, 0) is 102 Å². The number of fused-ring (bicyclic) bond motifs is 1. The lowest BCUT2D eigenvalue weighted by Gasteiger charge is -2.42. The van der Waals surface area contributed by atoms with Gasteiger partial charge >= 0.3 is 12.2 Å². The summed E-state index contributed by atoms with van der Waals surface area (Å²) in [6, 6.07) is 12.5. The number of rotatable bonds is 8. The maximum Gasteiger partial charge on any atom is 0.433 e. The fraction of sp³-hybridized carbons (Fsp3) is 0.476. The van der Waals surface area contributed by atoms with E-state index in [4.69, 9.17) is 4.98 Å². The summed E-state index contributed by atoms with van der Waals surface area (Å²) in [7, 11) is 0. The molecular weight excluding hydrogens is 768 g/mol. The zero-order valence-electron chi connectivity index (χ0n) is 33.0. The third-order valence-corrected chi connectivity index (χ3v) is 12.1. The monoisotopic (exact) mass is 815 g/mol. The average molecular weight is 816 g/mol. The number of halogens is 3. The van der Waals surface area contributed by atoms with Crippen LogP contribution in [0.4, 0.5) is 35.0 Å². The van der Waals surface area contributed by atoms with E-state index in [1.165, 1.54) is 6.07 Å². The highest BCUT2D eigenvalue weighted by Crippen LogP contribution is 2.35. The molecule has 1 atom stereocenters. The van der Waals surface area contributed by atoms with Crippen molar-refractivity contribution in [3.05, 3.63) is 83.6 Å². The van der Waals surface area contributed by atoms with E-state index >= 15 is 0 Å². The molecule has 0 spiro atoms. The number of aliphatic hydroxyl groups is 1. The molecule has 8 rings (SSSR count). The van der Waals surface area contributed by atoms with Crippen molar-refractivity contribution in [2.24, 2.45) is 5.92 Å². The molecule has 3 aromatic heterocycles. The van der Waals surface area contributed by atoms with Crippen LogP contribution in [0, 0.1) is 5.92 Å². The number of anilines is 3. The molecule has 4 aliphatic rings. The number of benzene rings is 1. The van der Waals surface area contributed by atoms with E-state index in [9.17, 15) is 37.5 Å². The molecule has 312 valence electrons. The summed E-state index contributed by atoms with van der Waals surface area (Å²) in [6.07, 6.45) is 3.53. The third kappa shape index (κ3) is 8.62. The van der Waals surface area contributed by atoms with Gasteiger partial charge in [0.1, 0.15) is 17.0 Å². The lowest BCUT2D eigenvalue weighted by atomic mass is 9.91. The first-order chi connectivity index (χ1) is 28.1. The summed E-state index contributed by atoms with van der Waals surface area (Å²) in [5, 5.41) is 16.0. The van der Waals surface area contributed by atoms with Crippen LogP contribution in [0.2, 0.25) is 0 Å². The number of pyridine rings is 2. The molecule has 0 saturated carbocycles. The lowest BCUT2D eigenvalue weighted by Crippen LogP contribution is -2.50. The fourth-order valence-electron chi connectivity index (χ4n) is 8.88. The number of imide groups is 1. The predicted octanol–water partition coefficient (Wildman–Crippen LogP) is 5.37. The summed E-state index contributed by atoms with van der Waals surface area (Å²) in [6.45, 7) is 8.16. The molecule has 0 bridgehead atoms.